The van der Waals surface area contributed by atoms with Crippen molar-refractivity contribution in [1.29, 1.82) is 0 Å². The van der Waals surface area contributed by atoms with Gasteiger partial charge < -0.3 is 5.32 Å². The smallest absolute Gasteiger partial charge is 0.226 e. The molecule has 3 rings (SSSR count). The number of hydrogen-bond acceptors (Lipinski definition) is 3. The standard InChI is InChI=1S/C10H13IN2.C5H3FIN/c11-9-6-3-7-12-10(9)13-8-4-1-2-5-8;6-5-4(7)2-1-3-8-5/h3,6-8H,1-2,4-5H2,(H,12,13);1-3H. The molecule has 0 saturated heterocycles. The van der Waals surface area contributed by atoms with Crippen LogP contribution in [0.4, 0.5) is 10.2 Å². The summed E-state index contributed by atoms with van der Waals surface area (Å²) in [7, 11) is 0. The first kappa shape index (κ1) is 16.9. The molecule has 0 unspecified atom stereocenters. The number of nitrogens with one attached hydrogen (secondary N) is 1. The fourth-order valence-electron chi connectivity index (χ4n) is 2.12. The van der Waals surface area contributed by atoms with Crippen LogP contribution in [0.3, 0.4) is 0 Å². The van der Waals surface area contributed by atoms with Crippen molar-refractivity contribution in [2.75, 3.05) is 5.32 Å². The average Bonchev–Trinajstić information content (AvgIpc) is 2.98. The quantitative estimate of drug-likeness (QED) is 0.463. The Balaban J connectivity index is 0.000000173. The van der Waals surface area contributed by atoms with Crippen LogP contribution in [0, 0.1) is 13.1 Å². The van der Waals surface area contributed by atoms with Gasteiger partial charge in [-0.25, -0.2) is 9.97 Å². The maximum absolute atomic E-state index is 12.2. The molecule has 0 aromatic carbocycles. The average molecular weight is 511 g/mol. The summed E-state index contributed by atoms with van der Waals surface area (Å²) < 4.78 is 14.0. The highest BCUT2D eigenvalue weighted by atomic mass is 127. The van der Waals surface area contributed by atoms with Crippen LogP contribution >= 0.6 is 45.2 Å². The van der Waals surface area contributed by atoms with Crippen molar-refractivity contribution < 1.29 is 4.39 Å². The lowest BCUT2D eigenvalue weighted by atomic mass is 10.2. The van der Waals surface area contributed by atoms with Crippen LogP contribution < -0.4 is 5.32 Å². The van der Waals surface area contributed by atoms with E-state index in [1.54, 1.807) is 12.1 Å². The van der Waals surface area contributed by atoms with E-state index >= 15 is 0 Å². The van der Waals surface area contributed by atoms with Crippen LogP contribution in [0.2, 0.25) is 0 Å². The predicted molar refractivity (Wildman–Crippen MR) is 99.7 cm³/mol. The minimum Gasteiger partial charge on any atom is -0.366 e. The summed E-state index contributed by atoms with van der Waals surface area (Å²) in [6.07, 6.45) is 8.60. The third-order valence-corrected chi connectivity index (χ3v) is 4.84. The molecule has 2 heterocycles. The molecule has 112 valence electrons. The van der Waals surface area contributed by atoms with Crippen molar-refractivity contribution in [2.24, 2.45) is 0 Å². The third kappa shape index (κ3) is 5.65. The third-order valence-electron chi connectivity index (χ3n) is 3.17. The van der Waals surface area contributed by atoms with Gasteiger partial charge in [0.25, 0.3) is 0 Å². The van der Waals surface area contributed by atoms with Gasteiger partial charge in [0.05, 0.1) is 7.14 Å². The summed E-state index contributed by atoms with van der Waals surface area (Å²) in [4.78, 5) is 7.73. The fraction of sp³-hybridized carbons (Fsp3) is 0.333. The minimum absolute atomic E-state index is 0.395. The molecule has 21 heavy (non-hydrogen) atoms. The molecular formula is C15H16FI2N3. The Labute approximate surface area is 151 Å². The predicted octanol–water partition coefficient (Wildman–Crippen LogP) is 4.87. The van der Waals surface area contributed by atoms with Crippen LogP contribution in [0.1, 0.15) is 25.7 Å². The molecule has 0 bridgehead atoms. The van der Waals surface area contributed by atoms with Gasteiger partial charge in [0.15, 0.2) is 0 Å². The van der Waals surface area contributed by atoms with Gasteiger partial charge in [-0.3, -0.25) is 0 Å². The second-order valence-electron chi connectivity index (χ2n) is 4.74. The van der Waals surface area contributed by atoms with Crippen LogP contribution in [0.15, 0.2) is 36.7 Å². The number of aromatic nitrogens is 2. The zero-order valence-electron chi connectivity index (χ0n) is 11.4. The second kappa shape index (κ2) is 8.82. The molecule has 0 radical (unpaired) electrons. The van der Waals surface area contributed by atoms with E-state index in [4.69, 9.17) is 0 Å². The maximum atomic E-state index is 12.2. The van der Waals surface area contributed by atoms with Gasteiger partial charge in [0.1, 0.15) is 5.82 Å². The van der Waals surface area contributed by atoms with Gasteiger partial charge in [0, 0.05) is 18.4 Å². The van der Waals surface area contributed by atoms with E-state index in [2.05, 4.69) is 43.9 Å². The molecule has 0 spiro atoms. The van der Waals surface area contributed by atoms with Crippen LogP contribution in [0.5, 0.6) is 0 Å². The number of anilines is 1. The minimum atomic E-state index is -0.395. The summed E-state index contributed by atoms with van der Waals surface area (Å²) in [5.74, 6) is 0.656. The number of halogens is 3. The Hall–Kier alpha value is -0.510. The first-order valence-corrected chi connectivity index (χ1v) is 8.95. The van der Waals surface area contributed by atoms with Crippen molar-refractivity contribution in [3.8, 4) is 0 Å². The summed E-state index contributed by atoms with van der Waals surface area (Å²) in [5.41, 5.74) is 0. The highest BCUT2D eigenvalue weighted by Crippen LogP contribution is 2.23. The molecular weight excluding hydrogens is 495 g/mol. The van der Waals surface area contributed by atoms with Gasteiger partial charge in [-0.05, 0) is 82.3 Å². The molecule has 1 aliphatic rings. The van der Waals surface area contributed by atoms with Gasteiger partial charge in [-0.2, -0.15) is 4.39 Å². The van der Waals surface area contributed by atoms with Crippen LogP contribution in [-0.2, 0) is 0 Å². The highest BCUT2D eigenvalue weighted by Gasteiger charge is 2.15. The van der Waals surface area contributed by atoms with Gasteiger partial charge in [0.2, 0.25) is 5.95 Å². The largest absolute Gasteiger partial charge is 0.366 e. The Morgan fingerprint density at radius 1 is 1.00 bits per heavy atom. The fourth-order valence-corrected chi connectivity index (χ4v) is 2.97. The van der Waals surface area contributed by atoms with Crippen LogP contribution in [0.25, 0.3) is 0 Å². The number of hydrogen-bond donors (Lipinski definition) is 1. The zero-order valence-corrected chi connectivity index (χ0v) is 15.7. The van der Waals surface area contributed by atoms with E-state index < -0.39 is 5.95 Å². The summed E-state index contributed by atoms with van der Waals surface area (Å²) >= 11 is 4.21. The molecule has 0 aliphatic heterocycles. The van der Waals surface area contributed by atoms with E-state index in [0.29, 0.717) is 9.61 Å². The van der Waals surface area contributed by atoms with E-state index in [1.807, 2.05) is 34.9 Å². The molecule has 1 fully saturated rings. The van der Waals surface area contributed by atoms with Crippen molar-refractivity contribution >= 4 is 51.0 Å². The van der Waals surface area contributed by atoms with Gasteiger partial charge in [-0.1, -0.05) is 12.8 Å². The second-order valence-corrected chi connectivity index (χ2v) is 7.06. The van der Waals surface area contributed by atoms with E-state index in [1.165, 1.54) is 35.5 Å². The normalized spacial score (nSPS) is 14.4. The molecule has 0 amide bonds. The van der Waals surface area contributed by atoms with Crippen molar-refractivity contribution in [2.45, 2.75) is 31.7 Å². The first-order chi connectivity index (χ1) is 10.2. The molecule has 2 aromatic heterocycles. The van der Waals surface area contributed by atoms with E-state index in [9.17, 15) is 4.39 Å². The lowest BCUT2D eigenvalue weighted by Crippen LogP contribution is -2.16. The molecule has 1 aliphatic carbocycles. The van der Waals surface area contributed by atoms with Crippen molar-refractivity contribution in [1.82, 2.24) is 9.97 Å². The topological polar surface area (TPSA) is 37.8 Å². The molecule has 0 atom stereocenters. The Bertz CT molecular complexity index is 553. The SMILES string of the molecule is Fc1ncccc1I.Ic1cccnc1NC1CCCC1. The molecule has 3 nitrogen and oxygen atoms in total. The molecule has 6 heteroatoms. The maximum Gasteiger partial charge on any atom is 0.226 e. The van der Waals surface area contributed by atoms with Gasteiger partial charge in [-0.15, -0.1) is 0 Å². The van der Waals surface area contributed by atoms with E-state index in [0.717, 1.165) is 5.82 Å². The number of pyridine rings is 2. The number of nitrogens with zero attached hydrogens (tertiary/aromatic N) is 2. The summed E-state index contributed by atoms with van der Waals surface area (Å²) in [6, 6.07) is 8.09. The number of rotatable bonds is 2. The Morgan fingerprint density at radius 3 is 2.14 bits per heavy atom. The van der Waals surface area contributed by atoms with Gasteiger partial charge >= 0.3 is 0 Å². The first-order valence-electron chi connectivity index (χ1n) is 6.80. The molecule has 1 saturated carbocycles. The zero-order chi connectivity index (χ0) is 15.1. The lowest BCUT2D eigenvalue weighted by molar-refractivity contribution is 0.576. The molecule has 2 aromatic rings. The monoisotopic (exact) mass is 511 g/mol. The lowest BCUT2D eigenvalue weighted by Gasteiger charge is -2.13. The molecule has 1 N–H and O–H groups in total. The Morgan fingerprint density at radius 2 is 1.62 bits per heavy atom. The summed E-state index contributed by atoms with van der Waals surface area (Å²) in [5, 5.41) is 3.49. The highest BCUT2D eigenvalue weighted by molar-refractivity contribution is 14.1. The summed E-state index contributed by atoms with van der Waals surface area (Å²) in [6.45, 7) is 0. The van der Waals surface area contributed by atoms with E-state index in [-0.39, 0.29) is 0 Å². The van der Waals surface area contributed by atoms with Crippen LogP contribution in [-0.4, -0.2) is 16.0 Å². The van der Waals surface area contributed by atoms with Crippen molar-refractivity contribution in [3.63, 3.8) is 0 Å². The Kier molecular flexibility index (Phi) is 7.08. The van der Waals surface area contributed by atoms with Crippen molar-refractivity contribution in [3.05, 3.63) is 49.7 Å².